The van der Waals surface area contributed by atoms with E-state index < -0.39 is 17.8 Å². The third-order valence-electron chi connectivity index (χ3n) is 4.04. The molecule has 22 heavy (non-hydrogen) atoms. The van der Waals surface area contributed by atoms with Gasteiger partial charge in [0.15, 0.2) is 11.6 Å². The topological polar surface area (TPSA) is 66.8 Å². The van der Waals surface area contributed by atoms with Gasteiger partial charge in [0.2, 0.25) is 5.91 Å². The monoisotopic (exact) mass is 309 g/mol. The maximum absolute atomic E-state index is 13.7. The summed E-state index contributed by atoms with van der Waals surface area (Å²) in [4.78, 5) is 25.1. The lowest BCUT2D eigenvalue weighted by molar-refractivity contribution is -0.152. The fraction of sp³-hybridized carbons (Fsp3) is 0.500. The fourth-order valence-corrected chi connectivity index (χ4v) is 2.77. The number of carboxylic acid groups (broad SMARTS) is 1. The van der Waals surface area contributed by atoms with Crippen LogP contribution in [-0.4, -0.2) is 41.6 Å². The maximum atomic E-state index is 13.7. The van der Waals surface area contributed by atoms with Gasteiger partial charge in [-0.3, -0.25) is 4.79 Å². The van der Waals surface area contributed by atoms with Crippen LogP contribution in [0.5, 0.6) is 5.75 Å². The highest BCUT2D eigenvalue weighted by Gasteiger charge is 2.34. The van der Waals surface area contributed by atoms with Crippen molar-refractivity contribution in [1.29, 1.82) is 0 Å². The quantitative estimate of drug-likeness (QED) is 0.925. The van der Waals surface area contributed by atoms with Crippen molar-refractivity contribution < 1.29 is 23.8 Å². The third kappa shape index (κ3) is 3.55. The van der Waals surface area contributed by atoms with Crippen LogP contribution in [-0.2, 0) is 16.0 Å². The van der Waals surface area contributed by atoms with Crippen LogP contribution in [0, 0.1) is 11.7 Å². The molecule has 1 fully saturated rings. The van der Waals surface area contributed by atoms with Crippen LogP contribution < -0.4 is 4.74 Å². The van der Waals surface area contributed by atoms with E-state index in [1.807, 2.05) is 6.92 Å². The van der Waals surface area contributed by atoms with E-state index in [9.17, 15) is 19.1 Å². The largest absolute Gasteiger partial charge is 0.494 e. The number of carbonyl (C=O) groups is 2. The van der Waals surface area contributed by atoms with Gasteiger partial charge in [0.05, 0.1) is 13.5 Å². The number of rotatable bonds is 4. The molecule has 1 aliphatic heterocycles. The number of hydrogen-bond donors (Lipinski definition) is 1. The van der Waals surface area contributed by atoms with Crippen LogP contribution in [0.1, 0.15) is 25.3 Å². The lowest BCUT2D eigenvalue weighted by atomic mass is 9.92. The molecule has 1 saturated heterocycles. The molecule has 0 bridgehead atoms. The number of benzene rings is 1. The Balaban J connectivity index is 2.10. The van der Waals surface area contributed by atoms with Gasteiger partial charge in [-0.2, -0.15) is 0 Å². The van der Waals surface area contributed by atoms with Crippen LogP contribution >= 0.6 is 0 Å². The second-order valence-corrected chi connectivity index (χ2v) is 5.72. The molecule has 0 saturated carbocycles. The van der Waals surface area contributed by atoms with Crippen LogP contribution in [0.3, 0.4) is 0 Å². The van der Waals surface area contributed by atoms with E-state index in [2.05, 4.69) is 0 Å². The van der Waals surface area contributed by atoms with Gasteiger partial charge >= 0.3 is 5.97 Å². The standard InChI is InChI=1S/C16H20FNO4/c1-10-5-6-18(13(7-10)16(20)21)15(19)9-11-3-4-14(22-2)12(17)8-11/h3-4,8,10,13H,5-7,9H2,1-2H3,(H,20,21). The van der Waals surface area contributed by atoms with E-state index in [-0.39, 0.29) is 24.0 Å². The van der Waals surface area contributed by atoms with Gasteiger partial charge in [0.1, 0.15) is 6.04 Å². The molecule has 1 heterocycles. The summed E-state index contributed by atoms with van der Waals surface area (Å²) in [7, 11) is 1.37. The predicted molar refractivity (Wildman–Crippen MR) is 78.2 cm³/mol. The lowest BCUT2D eigenvalue weighted by Crippen LogP contribution is -2.50. The summed E-state index contributed by atoms with van der Waals surface area (Å²) < 4.78 is 18.5. The molecule has 1 aliphatic rings. The Morgan fingerprint density at radius 1 is 1.45 bits per heavy atom. The number of carboxylic acids is 1. The summed E-state index contributed by atoms with van der Waals surface area (Å²) in [5.41, 5.74) is 0.506. The molecule has 5 nitrogen and oxygen atoms in total. The fourth-order valence-electron chi connectivity index (χ4n) is 2.77. The molecule has 0 spiro atoms. The first kappa shape index (κ1) is 16.3. The van der Waals surface area contributed by atoms with E-state index in [1.54, 1.807) is 6.07 Å². The number of nitrogens with zero attached hydrogens (tertiary/aromatic N) is 1. The second-order valence-electron chi connectivity index (χ2n) is 5.72. The van der Waals surface area contributed by atoms with Crippen molar-refractivity contribution in [3.8, 4) is 5.75 Å². The average Bonchev–Trinajstić information content (AvgIpc) is 2.47. The molecule has 6 heteroatoms. The smallest absolute Gasteiger partial charge is 0.326 e. The van der Waals surface area contributed by atoms with Gasteiger partial charge in [0.25, 0.3) is 0 Å². The summed E-state index contributed by atoms with van der Waals surface area (Å²) in [6.45, 7) is 2.41. The Kier molecular flexibility index (Phi) is 5.00. The minimum absolute atomic E-state index is 0.0148. The molecule has 0 aromatic heterocycles. The van der Waals surface area contributed by atoms with Gasteiger partial charge in [-0.05, 0) is 36.5 Å². The zero-order valence-electron chi connectivity index (χ0n) is 12.7. The molecule has 2 atom stereocenters. The summed E-state index contributed by atoms with van der Waals surface area (Å²) in [5.74, 6) is -1.41. The number of carbonyl (C=O) groups excluding carboxylic acids is 1. The minimum atomic E-state index is -0.985. The maximum Gasteiger partial charge on any atom is 0.326 e. The minimum Gasteiger partial charge on any atom is -0.494 e. The van der Waals surface area contributed by atoms with E-state index in [1.165, 1.54) is 24.1 Å². The molecular weight excluding hydrogens is 289 g/mol. The Labute approximate surface area is 128 Å². The molecule has 1 amide bonds. The highest BCUT2D eigenvalue weighted by molar-refractivity contribution is 5.85. The summed E-state index contributed by atoms with van der Waals surface area (Å²) >= 11 is 0. The van der Waals surface area contributed by atoms with E-state index in [4.69, 9.17) is 4.74 Å². The molecule has 1 aromatic carbocycles. The number of ether oxygens (including phenoxy) is 1. The number of halogens is 1. The molecule has 0 aliphatic carbocycles. The second kappa shape index (κ2) is 6.77. The number of piperidine rings is 1. The van der Waals surface area contributed by atoms with E-state index >= 15 is 0 Å². The first-order chi connectivity index (χ1) is 10.4. The van der Waals surface area contributed by atoms with Gasteiger partial charge in [-0.1, -0.05) is 13.0 Å². The van der Waals surface area contributed by atoms with Gasteiger partial charge in [0, 0.05) is 6.54 Å². The van der Waals surface area contributed by atoms with Gasteiger partial charge < -0.3 is 14.7 Å². The predicted octanol–water partition coefficient (Wildman–Crippen LogP) is 2.09. The molecule has 120 valence electrons. The zero-order chi connectivity index (χ0) is 16.3. The third-order valence-corrected chi connectivity index (χ3v) is 4.04. The van der Waals surface area contributed by atoms with Gasteiger partial charge in [-0.15, -0.1) is 0 Å². The molecule has 1 N–H and O–H groups in total. The van der Waals surface area contributed by atoms with Crippen molar-refractivity contribution in [3.05, 3.63) is 29.6 Å². The van der Waals surface area contributed by atoms with Crippen molar-refractivity contribution in [2.24, 2.45) is 5.92 Å². The molecule has 2 rings (SSSR count). The van der Waals surface area contributed by atoms with Crippen LogP contribution in [0.15, 0.2) is 18.2 Å². The average molecular weight is 309 g/mol. The molecule has 0 radical (unpaired) electrons. The number of aliphatic carboxylic acids is 1. The summed E-state index contributed by atoms with van der Waals surface area (Å²) in [6, 6.07) is 3.53. The Hall–Kier alpha value is -2.11. The van der Waals surface area contributed by atoms with Crippen LogP contribution in [0.2, 0.25) is 0 Å². The van der Waals surface area contributed by atoms with Crippen molar-refractivity contribution in [3.63, 3.8) is 0 Å². The summed E-state index contributed by atoms with van der Waals surface area (Å²) in [6.07, 6.45) is 1.23. The first-order valence-electron chi connectivity index (χ1n) is 7.27. The highest BCUT2D eigenvalue weighted by atomic mass is 19.1. The van der Waals surface area contributed by atoms with E-state index in [0.717, 1.165) is 6.42 Å². The Morgan fingerprint density at radius 3 is 2.77 bits per heavy atom. The number of hydrogen-bond acceptors (Lipinski definition) is 3. The SMILES string of the molecule is COc1ccc(CC(=O)N2CCC(C)CC2C(=O)O)cc1F. The Bertz CT molecular complexity index is 575. The van der Waals surface area contributed by atoms with E-state index in [0.29, 0.717) is 18.5 Å². The first-order valence-corrected chi connectivity index (χ1v) is 7.27. The number of methoxy groups -OCH3 is 1. The van der Waals surface area contributed by atoms with Crippen LogP contribution in [0.25, 0.3) is 0 Å². The molecule has 2 unspecified atom stereocenters. The van der Waals surface area contributed by atoms with Gasteiger partial charge in [-0.25, -0.2) is 9.18 Å². The Morgan fingerprint density at radius 2 is 2.18 bits per heavy atom. The van der Waals surface area contributed by atoms with Crippen LogP contribution in [0.4, 0.5) is 4.39 Å². The normalized spacial score (nSPS) is 21.5. The molecule has 1 aromatic rings. The highest BCUT2D eigenvalue weighted by Crippen LogP contribution is 2.24. The van der Waals surface area contributed by atoms with Crippen molar-refractivity contribution in [1.82, 2.24) is 4.90 Å². The number of likely N-dealkylation sites (tertiary alicyclic amines) is 1. The zero-order valence-corrected chi connectivity index (χ0v) is 12.7. The lowest BCUT2D eigenvalue weighted by Gasteiger charge is -2.36. The van der Waals surface area contributed by atoms with Crippen molar-refractivity contribution in [2.45, 2.75) is 32.2 Å². The van der Waals surface area contributed by atoms with Crippen molar-refractivity contribution >= 4 is 11.9 Å². The van der Waals surface area contributed by atoms with Crippen molar-refractivity contribution in [2.75, 3.05) is 13.7 Å². The number of amides is 1. The molecular formula is C16H20FNO4. The summed E-state index contributed by atoms with van der Waals surface area (Å²) in [5, 5.41) is 9.28.